The van der Waals surface area contributed by atoms with Crippen molar-refractivity contribution in [1.82, 2.24) is 14.3 Å². The Labute approximate surface area is 203 Å². The summed E-state index contributed by atoms with van der Waals surface area (Å²) in [5.41, 5.74) is 6.00. The number of esters is 1. The minimum Gasteiger partial charge on any atom is -0.459 e. The molecule has 10 nitrogen and oxygen atoms in total. The van der Waals surface area contributed by atoms with Gasteiger partial charge in [0.15, 0.2) is 0 Å². The molecule has 12 heteroatoms. The van der Waals surface area contributed by atoms with E-state index in [0.717, 1.165) is 4.31 Å². The molecule has 2 heterocycles. The van der Waals surface area contributed by atoms with Crippen LogP contribution < -0.4 is 11.1 Å². The zero-order valence-corrected chi connectivity index (χ0v) is 20.5. The monoisotopic (exact) mass is 504 g/mol. The summed E-state index contributed by atoms with van der Waals surface area (Å²) in [5, 5.41) is 3.99. The topological polar surface area (TPSA) is 140 Å². The Morgan fingerprint density at radius 1 is 1.21 bits per heavy atom. The van der Waals surface area contributed by atoms with Crippen LogP contribution in [0.5, 0.6) is 0 Å². The number of benzene rings is 1. The van der Waals surface area contributed by atoms with Crippen LogP contribution in [0.15, 0.2) is 64.5 Å². The fourth-order valence-corrected chi connectivity index (χ4v) is 4.61. The smallest absolute Gasteiger partial charge is 0.321 e. The van der Waals surface area contributed by atoms with Crippen molar-refractivity contribution in [3.8, 4) is 0 Å². The van der Waals surface area contributed by atoms with Crippen LogP contribution in [0, 0.1) is 0 Å². The Kier molecular flexibility index (Phi) is 7.70. The fourth-order valence-electron chi connectivity index (χ4n) is 3.16. The fraction of sp³-hybridized carbons (Fsp3) is 0.273. The van der Waals surface area contributed by atoms with Gasteiger partial charge >= 0.3 is 5.97 Å². The van der Waals surface area contributed by atoms with Gasteiger partial charge in [-0.2, -0.15) is 4.31 Å². The van der Waals surface area contributed by atoms with Crippen molar-refractivity contribution in [2.45, 2.75) is 37.8 Å². The highest BCUT2D eigenvalue weighted by atomic mass is 35.5. The molecular weight excluding hydrogens is 480 g/mol. The van der Waals surface area contributed by atoms with Crippen molar-refractivity contribution in [3.63, 3.8) is 0 Å². The Bertz CT molecular complexity index is 1310. The predicted molar refractivity (Wildman–Crippen MR) is 131 cm³/mol. The Hall–Kier alpha value is -3.28. The first kappa shape index (κ1) is 25.3. The van der Waals surface area contributed by atoms with Gasteiger partial charge in [-0.25, -0.2) is 8.42 Å². The molecule has 3 aromatic rings. The number of nitrogens with two attached hydrogens (primary N) is 1. The maximum Gasteiger partial charge on any atom is 0.321 e. The number of guanidine groups is 1. The maximum atomic E-state index is 13.6. The number of rotatable bonds is 7. The second-order valence-electron chi connectivity index (χ2n) is 8.39. The Balaban J connectivity index is 1.99. The number of anilines is 1. The van der Waals surface area contributed by atoms with Gasteiger partial charge in [0.1, 0.15) is 12.1 Å². The predicted octanol–water partition coefficient (Wildman–Crippen LogP) is 3.04. The molecule has 2 aromatic heterocycles. The number of carbonyl (C=O) groups is 1. The SMILES string of the molecule is CC(C)(C)OC(=O)CN(Cc1cccnc1)S(=O)(=O)c1ccc2c(NC(N)=NCl)cncc2c1. The highest BCUT2D eigenvalue weighted by Crippen LogP contribution is 2.27. The van der Waals surface area contributed by atoms with E-state index in [0.29, 0.717) is 22.0 Å². The van der Waals surface area contributed by atoms with Crippen LogP contribution in [-0.2, 0) is 26.1 Å². The minimum absolute atomic E-state index is 0.00891. The van der Waals surface area contributed by atoms with Crippen LogP contribution in [0.4, 0.5) is 5.69 Å². The van der Waals surface area contributed by atoms with Crippen molar-refractivity contribution in [2.24, 2.45) is 10.2 Å². The molecule has 180 valence electrons. The third-order valence-corrected chi connectivity index (χ3v) is 6.50. The number of hydrogen-bond acceptors (Lipinski definition) is 7. The van der Waals surface area contributed by atoms with Gasteiger partial charge in [0.05, 0.1) is 16.8 Å². The molecule has 0 unspecified atom stereocenters. The summed E-state index contributed by atoms with van der Waals surface area (Å²) in [6, 6.07) is 7.96. The highest BCUT2D eigenvalue weighted by molar-refractivity contribution is 7.89. The van der Waals surface area contributed by atoms with Crippen LogP contribution in [0.25, 0.3) is 10.8 Å². The number of fused-ring (bicyclic) bond motifs is 1. The van der Waals surface area contributed by atoms with E-state index in [1.54, 1.807) is 51.4 Å². The Morgan fingerprint density at radius 3 is 2.62 bits per heavy atom. The lowest BCUT2D eigenvalue weighted by Gasteiger charge is -2.25. The van der Waals surface area contributed by atoms with Crippen LogP contribution in [0.3, 0.4) is 0 Å². The number of nitrogens with zero attached hydrogens (tertiary/aromatic N) is 4. The van der Waals surface area contributed by atoms with Crippen LogP contribution in [0.1, 0.15) is 26.3 Å². The molecule has 0 atom stereocenters. The number of aromatic nitrogens is 2. The van der Waals surface area contributed by atoms with E-state index in [1.807, 2.05) is 0 Å². The summed E-state index contributed by atoms with van der Waals surface area (Å²) >= 11 is 5.37. The minimum atomic E-state index is -4.09. The van der Waals surface area contributed by atoms with Gasteiger partial charge in [0.25, 0.3) is 0 Å². The zero-order valence-electron chi connectivity index (χ0n) is 18.9. The lowest BCUT2D eigenvalue weighted by molar-refractivity contribution is -0.155. The first-order valence-electron chi connectivity index (χ1n) is 10.2. The van der Waals surface area contributed by atoms with E-state index in [1.165, 1.54) is 24.5 Å². The van der Waals surface area contributed by atoms with E-state index in [4.69, 9.17) is 22.2 Å². The van der Waals surface area contributed by atoms with Gasteiger partial charge in [0.2, 0.25) is 16.0 Å². The van der Waals surface area contributed by atoms with Gasteiger partial charge in [-0.1, -0.05) is 12.1 Å². The van der Waals surface area contributed by atoms with Crippen LogP contribution in [0.2, 0.25) is 0 Å². The summed E-state index contributed by atoms with van der Waals surface area (Å²) in [6.07, 6.45) is 6.16. The number of halogens is 1. The molecule has 3 rings (SSSR count). The molecule has 0 aliphatic heterocycles. The van der Waals surface area contributed by atoms with Crippen molar-refractivity contribution in [3.05, 3.63) is 60.7 Å². The van der Waals surface area contributed by atoms with Crippen molar-refractivity contribution < 1.29 is 17.9 Å². The van der Waals surface area contributed by atoms with E-state index >= 15 is 0 Å². The summed E-state index contributed by atoms with van der Waals surface area (Å²) in [7, 11) is -4.09. The van der Waals surface area contributed by atoms with Gasteiger partial charge in [-0.15, -0.1) is 4.51 Å². The number of ether oxygens (including phenoxy) is 1. The average molecular weight is 505 g/mol. The van der Waals surface area contributed by atoms with Crippen molar-refractivity contribution in [1.29, 1.82) is 0 Å². The Morgan fingerprint density at radius 2 is 1.97 bits per heavy atom. The van der Waals surface area contributed by atoms with Crippen molar-refractivity contribution >= 4 is 50.2 Å². The molecule has 0 saturated heterocycles. The second kappa shape index (κ2) is 10.3. The molecule has 0 saturated carbocycles. The van der Waals surface area contributed by atoms with Gasteiger partial charge in [0, 0.05) is 47.7 Å². The summed E-state index contributed by atoms with van der Waals surface area (Å²) in [4.78, 5) is 20.7. The molecule has 0 spiro atoms. The molecule has 0 aliphatic carbocycles. The molecule has 34 heavy (non-hydrogen) atoms. The summed E-state index contributed by atoms with van der Waals surface area (Å²) < 4.78 is 37.0. The van der Waals surface area contributed by atoms with Gasteiger partial charge in [-0.05, 0) is 44.5 Å². The summed E-state index contributed by atoms with van der Waals surface area (Å²) in [6.45, 7) is 4.63. The van der Waals surface area contributed by atoms with Crippen LogP contribution >= 0.6 is 11.8 Å². The van der Waals surface area contributed by atoms with Crippen molar-refractivity contribution in [2.75, 3.05) is 11.9 Å². The highest BCUT2D eigenvalue weighted by Gasteiger charge is 2.29. The number of nitrogens with one attached hydrogen (secondary N) is 1. The largest absolute Gasteiger partial charge is 0.459 e. The first-order valence-corrected chi connectivity index (χ1v) is 12.0. The van der Waals surface area contributed by atoms with Crippen LogP contribution in [-0.4, -0.2) is 46.8 Å². The van der Waals surface area contributed by atoms with E-state index < -0.39 is 28.1 Å². The molecule has 0 amide bonds. The maximum absolute atomic E-state index is 13.6. The quantitative estimate of drug-likeness (QED) is 0.284. The molecule has 3 N–H and O–H groups in total. The molecule has 0 bridgehead atoms. The molecule has 0 radical (unpaired) electrons. The van der Waals surface area contributed by atoms with E-state index in [2.05, 4.69) is 19.8 Å². The third-order valence-electron chi connectivity index (χ3n) is 4.53. The molecule has 1 aromatic carbocycles. The second-order valence-corrected chi connectivity index (χ2v) is 10.5. The lowest BCUT2D eigenvalue weighted by Crippen LogP contribution is -2.38. The molecule has 0 fully saturated rings. The normalized spacial score (nSPS) is 12.7. The number of hydrogen-bond donors (Lipinski definition) is 2. The standard InChI is InChI=1S/C22H25ClN6O4S/c1-22(2,3)33-20(30)14-29(13-15-5-4-8-25-10-15)34(31,32)17-6-7-18-16(9-17)11-26-12-19(18)27-21(24)28-23/h4-12H,13-14H2,1-3H3,(H3,24,27,28). The number of sulfonamides is 1. The first-order chi connectivity index (χ1) is 16.0. The molecule has 0 aliphatic rings. The zero-order chi connectivity index (χ0) is 24.9. The average Bonchev–Trinajstić information content (AvgIpc) is 2.77. The van der Waals surface area contributed by atoms with E-state index in [-0.39, 0.29) is 17.4 Å². The van der Waals surface area contributed by atoms with Gasteiger partial charge < -0.3 is 15.8 Å². The lowest BCUT2D eigenvalue weighted by atomic mass is 10.1. The summed E-state index contributed by atoms with van der Waals surface area (Å²) in [5.74, 6) is -0.697. The third kappa shape index (κ3) is 6.40. The number of carbonyl (C=O) groups excluding carboxylic acids is 1. The van der Waals surface area contributed by atoms with Gasteiger partial charge in [-0.3, -0.25) is 14.8 Å². The molecular formula is C22H25ClN6O4S. The van der Waals surface area contributed by atoms with E-state index in [9.17, 15) is 13.2 Å². The number of pyridine rings is 2.